The lowest BCUT2D eigenvalue weighted by Gasteiger charge is -1.94. The van der Waals surface area contributed by atoms with Crippen LogP contribution in [0.1, 0.15) is 18.4 Å². The van der Waals surface area contributed by atoms with Gasteiger partial charge in [0.05, 0.1) is 12.3 Å². The van der Waals surface area contributed by atoms with Crippen LogP contribution in [0.3, 0.4) is 0 Å². The molecular formula is C17H15N7O3. The number of azo groups is 1. The number of H-pyrrole nitrogens is 1. The minimum atomic E-state index is -0.457. The van der Waals surface area contributed by atoms with Crippen LogP contribution < -0.4 is 0 Å². The number of aryl methyl sites for hydroxylation is 1. The van der Waals surface area contributed by atoms with Crippen molar-refractivity contribution >= 4 is 40.5 Å². The number of benzene rings is 1. The Kier molecular flexibility index (Phi) is 4.21. The van der Waals surface area contributed by atoms with E-state index in [-0.39, 0.29) is 6.01 Å². The molecule has 27 heavy (non-hydrogen) atoms. The zero-order valence-electron chi connectivity index (χ0n) is 14.6. The van der Waals surface area contributed by atoms with Crippen LogP contribution in [0.5, 0.6) is 0 Å². The van der Waals surface area contributed by atoms with E-state index in [0.29, 0.717) is 40.6 Å². The molecule has 10 heteroatoms. The van der Waals surface area contributed by atoms with E-state index in [4.69, 9.17) is 9.15 Å². The summed E-state index contributed by atoms with van der Waals surface area (Å²) in [5.74, 6) is 0.181. The van der Waals surface area contributed by atoms with Gasteiger partial charge in [0, 0.05) is 6.08 Å². The summed E-state index contributed by atoms with van der Waals surface area (Å²) in [4.78, 5) is 15.8. The Morgan fingerprint density at radius 2 is 2.19 bits per heavy atom. The zero-order chi connectivity index (χ0) is 18.8. The average Bonchev–Trinajstić information content (AvgIpc) is 3.33. The third-order valence-corrected chi connectivity index (χ3v) is 3.71. The minimum absolute atomic E-state index is 0.118. The molecule has 0 saturated heterocycles. The Bertz CT molecular complexity index is 1150. The molecule has 3 aromatic heterocycles. The highest BCUT2D eigenvalue weighted by atomic mass is 16.5. The molecule has 1 aromatic carbocycles. The van der Waals surface area contributed by atoms with Gasteiger partial charge in [0.15, 0.2) is 11.3 Å². The van der Waals surface area contributed by atoms with Gasteiger partial charge >= 0.3 is 12.0 Å². The summed E-state index contributed by atoms with van der Waals surface area (Å²) in [7, 11) is 0. The van der Waals surface area contributed by atoms with E-state index in [2.05, 4.69) is 30.5 Å². The summed E-state index contributed by atoms with van der Waals surface area (Å²) < 4.78 is 12.1. The van der Waals surface area contributed by atoms with E-state index in [0.717, 1.165) is 0 Å². The molecule has 0 saturated carbocycles. The zero-order valence-corrected chi connectivity index (χ0v) is 14.6. The molecule has 0 aliphatic heterocycles. The van der Waals surface area contributed by atoms with Gasteiger partial charge in [-0.05, 0) is 32.1 Å². The van der Waals surface area contributed by atoms with Crippen LogP contribution in [0.15, 0.2) is 45.0 Å². The summed E-state index contributed by atoms with van der Waals surface area (Å²) in [6, 6.07) is 7.44. The summed E-state index contributed by atoms with van der Waals surface area (Å²) in [5.41, 5.74) is 2.70. The molecule has 0 spiro atoms. The van der Waals surface area contributed by atoms with Crippen LogP contribution in [0.2, 0.25) is 0 Å². The summed E-state index contributed by atoms with van der Waals surface area (Å²) in [5, 5.41) is 19.4. The van der Waals surface area contributed by atoms with Crippen LogP contribution >= 0.6 is 0 Å². The van der Waals surface area contributed by atoms with Crippen molar-refractivity contribution in [1.82, 2.24) is 24.8 Å². The fourth-order valence-electron chi connectivity index (χ4n) is 2.50. The van der Waals surface area contributed by atoms with Crippen molar-refractivity contribution in [3.05, 3.63) is 41.9 Å². The first kappa shape index (κ1) is 16.6. The van der Waals surface area contributed by atoms with E-state index in [1.807, 2.05) is 18.2 Å². The third kappa shape index (κ3) is 3.19. The van der Waals surface area contributed by atoms with Gasteiger partial charge in [-0.25, -0.2) is 9.31 Å². The molecule has 0 aliphatic carbocycles. The van der Waals surface area contributed by atoms with Crippen LogP contribution in [-0.2, 0) is 9.53 Å². The van der Waals surface area contributed by atoms with Crippen LogP contribution in [0.4, 0.5) is 11.7 Å². The molecule has 0 atom stereocenters. The summed E-state index contributed by atoms with van der Waals surface area (Å²) in [6.45, 7) is 3.82. The molecule has 4 rings (SSSR count). The number of hydrogen-bond donors (Lipinski definition) is 1. The number of nitrogens with zero attached hydrogens (tertiary/aromatic N) is 6. The van der Waals surface area contributed by atoms with Crippen LogP contribution in [0, 0.1) is 6.92 Å². The van der Waals surface area contributed by atoms with Gasteiger partial charge < -0.3 is 9.15 Å². The third-order valence-electron chi connectivity index (χ3n) is 3.71. The van der Waals surface area contributed by atoms with Crippen LogP contribution in [-0.4, -0.2) is 37.4 Å². The molecule has 136 valence electrons. The van der Waals surface area contributed by atoms with Crippen LogP contribution in [0.25, 0.3) is 22.8 Å². The minimum Gasteiger partial charge on any atom is -0.463 e. The summed E-state index contributed by atoms with van der Waals surface area (Å²) >= 11 is 0. The molecule has 1 N–H and O–H groups in total. The largest absolute Gasteiger partial charge is 0.463 e. The number of ether oxygens (including phenoxy) is 1. The van der Waals surface area contributed by atoms with E-state index >= 15 is 0 Å². The van der Waals surface area contributed by atoms with E-state index in [1.165, 1.54) is 6.08 Å². The monoisotopic (exact) mass is 365 g/mol. The first-order chi connectivity index (χ1) is 13.2. The van der Waals surface area contributed by atoms with Crippen molar-refractivity contribution < 1.29 is 13.9 Å². The van der Waals surface area contributed by atoms with Crippen molar-refractivity contribution in [3.8, 4) is 0 Å². The molecule has 0 aliphatic rings. The van der Waals surface area contributed by atoms with Crippen molar-refractivity contribution in [2.24, 2.45) is 10.2 Å². The predicted molar refractivity (Wildman–Crippen MR) is 95.9 cm³/mol. The summed E-state index contributed by atoms with van der Waals surface area (Å²) in [6.07, 6.45) is 2.85. The number of rotatable bonds is 5. The quantitative estimate of drug-likeness (QED) is 0.328. The van der Waals surface area contributed by atoms with Gasteiger partial charge in [-0.3, -0.25) is 5.10 Å². The molecule has 3 heterocycles. The highest BCUT2D eigenvalue weighted by Gasteiger charge is 2.15. The first-order valence-corrected chi connectivity index (χ1v) is 8.21. The van der Waals surface area contributed by atoms with Crippen molar-refractivity contribution in [2.45, 2.75) is 13.8 Å². The van der Waals surface area contributed by atoms with Crippen molar-refractivity contribution in [1.29, 1.82) is 0 Å². The van der Waals surface area contributed by atoms with Gasteiger partial charge in [-0.15, -0.1) is 15.3 Å². The molecule has 10 nitrogen and oxygen atoms in total. The highest BCUT2D eigenvalue weighted by molar-refractivity contribution is 5.89. The number of aromatic amines is 1. The molecule has 0 bridgehead atoms. The van der Waals surface area contributed by atoms with Crippen molar-refractivity contribution in [3.63, 3.8) is 0 Å². The van der Waals surface area contributed by atoms with Gasteiger partial charge in [-0.2, -0.15) is 4.98 Å². The number of nitrogens with one attached hydrogen (secondary N) is 1. The lowest BCUT2D eigenvalue weighted by molar-refractivity contribution is -0.137. The second-order valence-electron chi connectivity index (χ2n) is 5.53. The molecule has 4 aromatic rings. The fourth-order valence-corrected chi connectivity index (χ4v) is 2.50. The van der Waals surface area contributed by atoms with Gasteiger partial charge in [0.25, 0.3) is 0 Å². The van der Waals surface area contributed by atoms with Gasteiger partial charge in [0.1, 0.15) is 11.3 Å². The highest BCUT2D eigenvalue weighted by Crippen LogP contribution is 2.28. The number of esters is 1. The van der Waals surface area contributed by atoms with E-state index in [1.54, 1.807) is 30.5 Å². The molecular weight excluding hydrogens is 350 g/mol. The number of carbonyl (C=O) groups is 1. The number of aromatic nitrogens is 5. The molecule has 0 amide bonds. The maximum atomic E-state index is 11.6. The second-order valence-corrected chi connectivity index (χ2v) is 5.53. The number of fused-ring (bicyclic) bond motifs is 2. The van der Waals surface area contributed by atoms with E-state index < -0.39 is 5.97 Å². The number of para-hydroxylation sites is 2. The number of carbonyl (C=O) groups excluding carboxylic acids is 1. The molecule has 0 radical (unpaired) electrons. The standard InChI is InChI=1S/C17H15N7O3/c1-3-26-14(25)9-8-12-15(16-21-19-10(2)24(16)23-12)20-22-17-18-11-6-4-5-7-13(11)27-17/h4-9,23H,3H2,1-2H3/b9-8-,22-20?. The second kappa shape index (κ2) is 6.83. The smallest absolute Gasteiger partial charge is 0.341 e. The first-order valence-electron chi connectivity index (χ1n) is 8.21. The topological polar surface area (TPSA) is 123 Å². The maximum absolute atomic E-state index is 11.6. The Balaban J connectivity index is 1.72. The lowest BCUT2D eigenvalue weighted by atomic mass is 10.3. The lowest BCUT2D eigenvalue weighted by Crippen LogP contribution is -1.98. The Labute approximate surface area is 152 Å². The van der Waals surface area contributed by atoms with Gasteiger partial charge in [-0.1, -0.05) is 17.2 Å². The molecule has 0 fully saturated rings. The predicted octanol–water partition coefficient (Wildman–Crippen LogP) is 3.50. The van der Waals surface area contributed by atoms with Gasteiger partial charge in [0.2, 0.25) is 5.65 Å². The maximum Gasteiger partial charge on any atom is 0.341 e. The van der Waals surface area contributed by atoms with E-state index in [9.17, 15) is 4.79 Å². The number of oxazole rings is 1. The average molecular weight is 365 g/mol. The number of hydrogen-bond acceptors (Lipinski definition) is 8. The Morgan fingerprint density at radius 1 is 1.33 bits per heavy atom. The fraction of sp³-hybridized carbons (Fsp3) is 0.176. The molecule has 0 unspecified atom stereocenters. The Morgan fingerprint density at radius 3 is 3.00 bits per heavy atom. The van der Waals surface area contributed by atoms with Crippen molar-refractivity contribution in [2.75, 3.05) is 6.61 Å². The normalized spacial score (nSPS) is 12.1. The Hall–Kier alpha value is -3.82. The SMILES string of the molecule is CCOC(=O)/C=C\c1[nH]n2c(C)nnc2c1N=Nc1nc2ccccc2o1.